The van der Waals surface area contributed by atoms with Crippen LogP contribution in [0.3, 0.4) is 0 Å². The lowest BCUT2D eigenvalue weighted by Crippen LogP contribution is -2.37. The first-order chi connectivity index (χ1) is 13.7. The zero-order chi connectivity index (χ0) is 19.1. The van der Waals surface area contributed by atoms with Gasteiger partial charge in [-0.2, -0.15) is 0 Å². The van der Waals surface area contributed by atoms with Crippen molar-refractivity contribution in [2.75, 3.05) is 50.2 Å². The van der Waals surface area contributed by atoms with E-state index in [1.165, 1.54) is 40.8 Å². The lowest BCUT2D eigenvalue weighted by atomic mass is 9.97. The Morgan fingerprint density at radius 2 is 1.75 bits per heavy atom. The Balaban J connectivity index is 1.66. The van der Waals surface area contributed by atoms with Gasteiger partial charge in [0.1, 0.15) is 10.6 Å². The van der Waals surface area contributed by atoms with Gasteiger partial charge < -0.3 is 14.5 Å². The molecule has 2 aliphatic rings. The Hall–Kier alpha value is -2.18. The van der Waals surface area contributed by atoms with Gasteiger partial charge in [0.15, 0.2) is 5.82 Å². The first-order valence-electron chi connectivity index (χ1n) is 10.1. The number of thiophene rings is 1. The molecular formula is C22H26N4OS. The van der Waals surface area contributed by atoms with E-state index in [4.69, 9.17) is 14.7 Å². The van der Waals surface area contributed by atoms with Gasteiger partial charge in [-0.05, 0) is 55.5 Å². The predicted molar refractivity (Wildman–Crippen MR) is 117 cm³/mol. The van der Waals surface area contributed by atoms with Crippen molar-refractivity contribution >= 4 is 33.1 Å². The fourth-order valence-electron chi connectivity index (χ4n) is 4.18. The minimum Gasteiger partial charge on any atom is -0.378 e. The minimum absolute atomic E-state index is 0.769. The number of hydrogen-bond acceptors (Lipinski definition) is 6. The molecule has 28 heavy (non-hydrogen) atoms. The number of anilines is 2. The van der Waals surface area contributed by atoms with Gasteiger partial charge in [-0.15, -0.1) is 11.3 Å². The summed E-state index contributed by atoms with van der Waals surface area (Å²) in [5.74, 6) is 1.94. The van der Waals surface area contributed by atoms with E-state index in [0.29, 0.717) is 0 Å². The molecule has 0 N–H and O–H groups in total. The largest absolute Gasteiger partial charge is 0.378 e. The summed E-state index contributed by atoms with van der Waals surface area (Å²) in [6.45, 7) is 3.33. The lowest BCUT2D eigenvalue weighted by molar-refractivity contribution is 0.122. The lowest BCUT2D eigenvalue weighted by Gasteiger charge is -2.29. The first-order valence-corrected chi connectivity index (χ1v) is 10.9. The number of hydrogen-bond donors (Lipinski definition) is 0. The molecule has 3 heterocycles. The van der Waals surface area contributed by atoms with Gasteiger partial charge in [-0.1, -0.05) is 0 Å². The summed E-state index contributed by atoms with van der Waals surface area (Å²) >= 11 is 1.88. The molecule has 1 fully saturated rings. The number of nitrogens with zero attached hydrogens (tertiary/aromatic N) is 4. The van der Waals surface area contributed by atoms with E-state index in [2.05, 4.69) is 48.2 Å². The molecule has 6 heteroatoms. The van der Waals surface area contributed by atoms with Crippen molar-refractivity contribution in [2.45, 2.75) is 25.7 Å². The number of rotatable bonds is 3. The first kappa shape index (κ1) is 17.9. The number of morpholine rings is 1. The van der Waals surface area contributed by atoms with E-state index in [1.807, 2.05) is 11.3 Å². The van der Waals surface area contributed by atoms with E-state index < -0.39 is 0 Å². The van der Waals surface area contributed by atoms with Gasteiger partial charge in [0, 0.05) is 43.3 Å². The van der Waals surface area contributed by atoms with Crippen LogP contribution in [0.15, 0.2) is 24.3 Å². The summed E-state index contributed by atoms with van der Waals surface area (Å²) in [6.07, 6.45) is 4.91. The van der Waals surface area contributed by atoms with E-state index >= 15 is 0 Å². The Labute approximate surface area is 170 Å². The average Bonchev–Trinajstić information content (AvgIpc) is 3.12. The molecule has 0 atom stereocenters. The topological polar surface area (TPSA) is 41.5 Å². The van der Waals surface area contributed by atoms with Gasteiger partial charge in [-0.25, -0.2) is 9.97 Å². The molecule has 1 aliphatic heterocycles. The minimum atomic E-state index is 0.769. The molecular weight excluding hydrogens is 368 g/mol. The smallest absolute Gasteiger partial charge is 0.163 e. The molecule has 0 amide bonds. The van der Waals surface area contributed by atoms with Crippen LogP contribution in [0.5, 0.6) is 0 Å². The third kappa shape index (κ3) is 3.14. The second-order valence-electron chi connectivity index (χ2n) is 7.80. The van der Waals surface area contributed by atoms with Gasteiger partial charge in [0.2, 0.25) is 0 Å². The molecule has 1 saturated heterocycles. The van der Waals surface area contributed by atoms with Crippen LogP contribution < -0.4 is 9.80 Å². The van der Waals surface area contributed by atoms with E-state index in [9.17, 15) is 0 Å². The third-order valence-electron chi connectivity index (χ3n) is 5.75. The SMILES string of the molecule is CN(C)c1ccc(-c2nc(N3CCOCC3)c3c4c(sc3n2)CCCC4)cc1. The Morgan fingerprint density at radius 1 is 1.00 bits per heavy atom. The number of benzene rings is 1. The van der Waals surface area contributed by atoms with Crippen LogP contribution in [0, 0.1) is 0 Å². The summed E-state index contributed by atoms with van der Waals surface area (Å²) in [5, 5.41) is 1.30. The molecule has 3 aromatic rings. The maximum atomic E-state index is 5.59. The third-order valence-corrected chi connectivity index (χ3v) is 6.93. The highest BCUT2D eigenvalue weighted by Gasteiger charge is 2.25. The second-order valence-corrected chi connectivity index (χ2v) is 8.89. The number of aromatic nitrogens is 2. The number of ether oxygens (including phenoxy) is 1. The zero-order valence-electron chi connectivity index (χ0n) is 16.6. The molecule has 1 aliphatic carbocycles. The van der Waals surface area contributed by atoms with Gasteiger partial charge in [0.05, 0.1) is 18.6 Å². The Bertz CT molecular complexity index is 990. The van der Waals surface area contributed by atoms with Crippen molar-refractivity contribution in [1.29, 1.82) is 0 Å². The van der Waals surface area contributed by atoms with Gasteiger partial charge >= 0.3 is 0 Å². The van der Waals surface area contributed by atoms with Crippen molar-refractivity contribution in [1.82, 2.24) is 9.97 Å². The molecule has 0 spiro atoms. The highest BCUT2D eigenvalue weighted by Crippen LogP contribution is 2.41. The van der Waals surface area contributed by atoms with E-state index in [-0.39, 0.29) is 0 Å². The van der Waals surface area contributed by atoms with Crippen LogP contribution >= 0.6 is 11.3 Å². The fraction of sp³-hybridized carbons (Fsp3) is 0.455. The maximum absolute atomic E-state index is 5.59. The Kier molecular flexibility index (Phi) is 4.69. The summed E-state index contributed by atoms with van der Waals surface area (Å²) in [4.78, 5) is 17.3. The molecule has 2 aromatic heterocycles. The molecule has 0 unspecified atom stereocenters. The summed E-state index contributed by atoms with van der Waals surface area (Å²) < 4.78 is 5.59. The average molecular weight is 395 g/mol. The van der Waals surface area contributed by atoms with E-state index in [1.54, 1.807) is 0 Å². The summed E-state index contributed by atoms with van der Waals surface area (Å²) in [6, 6.07) is 8.54. The van der Waals surface area contributed by atoms with Gasteiger partial charge in [0.25, 0.3) is 0 Å². The van der Waals surface area contributed by atoms with Crippen molar-refractivity contribution in [2.24, 2.45) is 0 Å². The quantitative estimate of drug-likeness (QED) is 0.668. The van der Waals surface area contributed by atoms with Crippen LogP contribution in [-0.2, 0) is 17.6 Å². The van der Waals surface area contributed by atoms with Crippen LogP contribution in [0.4, 0.5) is 11.5 Å². The van der Waals surface area contributed by atoms with Crippen molar-refractivity contribution in [3.63, 3.8) is 0 Å². The highest BCUT2D eigenvalue weighted by atomic mass is 32.1. The molecule has 0 saturated carbocycles. The van der Waals surface area contributed by atoms with Crippen LogP contribution in [0.2, 0.25) is 0 Å². The van der Waals surface area contributed by atoms with Crippen LogP contribution in [0.25, 0.3) is 21.6 Å². The number of fused-ring (bicyclic) bond motifs is 3. The number of aryl methyl sites for hydroxylation is 2. The Morgan fingerprint density at radius 3 is 2.50 bits per heavy atom. The van der Waals surface area contributed by atoms with Crippen LogP contribution in [0.1, 0.15) is 23.3 Å². The molecule has 0 radical (unpaired) electrons. The maximum Gasteiger partial charge on any atom is 0.163 e. The summed E-state index contributed by atoms with van der Waals surface area (Å²) in [5.41, 5.74) is 3.76. The second kappa shape index (κ2) is 7.33. The summed E-state index contributed by atoms with van der Waals surface area (Å²) in [7, 11) is 4.12. The van der Waals surface area contributed by atoms with E-state index in [0.717, 1.165) is 54.8 Å². The molecule has 0 bridgehead atoms. The monoisotopic (exact) mass is 394 g/mol. The standard InChI is InChI=1S/C22H26N4OS/c1-25(2)16-9-7-15(8-10-16)20-23-21(26-11-13-27-14-12-26)19-17-5-3-4-6-18(17)28-22(19)24-20/h7-10H,3-6,11-14H2,1-2H3. The molecule has 5 rings (SSSR count). The zero-order valence-corrected chi connectivity index (χ0v) is 17.4. The van der Waals surface area contributed by atoms with Crippen molar-refractivity contribution in [3.8, 4) is 11.4 Å². The molecule has 5 nitrogen and oxygen atoms in total. The van der Waals surface area contributed by atoms with Gasteiger partial charge in [-0.3, -0.25) is 0 Å². The van der Waals surface area contributed by atoms with Crippen LogP contribution in [-0.4, -0.2) is 50.4 Å². The normalized spacial score (nSPS) is 17.0. The molecule has 146 valence electrons. The van der Waals surface area contributed by atoms with Crippen molar-refractivity contribution in [3.05, 3.63) is 34.7 Å². The fourth-order valence-corrected chi connectivity index (χ4v) is 5.44. The molecule has 1 aromatic carbocycles. The predicted octanol–water partition coefficient (Wildman–Crippen LogP) is 4.14. The van der Waals surface area contributed by atoms with Crippen molar-refractivity contribution < 1.29 is 4.74 Å². The highest BCUT2D eigenvalue weighted by molar-refractivity contribution is 7.19.